The van der Waals surface area contributed by atoms with Crippen LogP contribution in [0.1, 0.15) is 35.4 Å². The number of halogens is 2. The minimum Gasteiger partial charge on any atom is -0.470 e. The summed E-state index contributed by atoms with van der Waals surface area (Å²) in [4.78, 5) is 12.5. The molecule has 0 bridgehead atoms. The zero-order valence-corrected chi connectivity index (χ0v) is 16.2. The Morgan fingerprint density at radius 1 is 1.15 bits per heavy atom. The average Bonchev–Trinajstić information content (AvgIpc) is 3.17. The summed E-state index contributed by atoms with van der Waals surface area (Å²) < 4.78 is 7.14. The van der Waals surface area contributed by atoms with E-state index in [9.17, 15) is 4.79 Å². The normalized spacial score (nSPS) is 11.8. The Balaban J connectivity index is 1.63. The van der Waals surface area contributed by atoms with Crippen LogP contribution >= 0.6 is 23.2 Å². The van der Waals surface area contributed by atoms with Gasteiger partial charge in [-0.15, -0.1) is 0 Å². The number of hydrogen-bond acceptors (Lipinski definition) is 3. The van der Waals surface area contributed by atoms with E-state index in [1.54, 1.807) is 30.5 Å². The van der Waals surface area contributed by atoms with E-state index in [4.69, 9.17) is 27.9 Å². The Labute approximate surface area is 167 Å². The van der Waals surface area contributed by atoms with Gasteiger partial charge in [-0.2, -0.15) is 5.10 Å². The smallest absolute Gasteiger partial charge is 0.272 e. The molecule has 0 spiro atoms. The van der Waals surface area contributed by atoms with Crippen LogP contribution in [0, 0.1) is 0 Å². The first-order valence-corrected chi connectivity index (χ1v) is 9.30. The third-order valence-electron chi connectivity index (χ3n) is 4.06. The van der Waals surface area contributed by atoms with Gasteiger partial charge in [-0.05, 0) is 30.2 Å². The number of aromatic nitrogens is 2. The van der Waals surface area contributed by atoms with Gasteiger partial charge in [0.05, 0.1) is 11.1 Å². The van der Waals surface area contributed by atoms with Gasteiger partial charge in [0.25, 0.3) is 5.91 Å². The van der Waals surface area contributed by atoms with Crippen molar-refractivity contribution in [1.82, 2.24) is 15.1 Å². The Hall–Kier alpha value is -2.50. The molecule has 0 aliphatic carbocycles. The highest BCUT2D eigenvalue weighted by atomic mass is 35.5. The Bertz CT molecular complexity index is 913. The molecule has 1 heterocycles. The fourth-order valence-electron chi connectivity index (χ4n) is 2.62. The number of rotatable bonds is 7. The lowest BCUT2D eigenvalue weighted by atomic mass is 10.0. The van der Waals surface area contributed by atoms with Crippen LogP contribution in [0.3, 0.4) is 0 Å². The van der Waals surface area contributed by atoms with Gasteiger partial charge in [0.2, 0.25) is 0 Å². The minimum atomic E-state index is -0.231. The molecule has 27 heavy (non-hydrogen) atoms. The number of nitrogens with one attached hydrogen (secondary N) is 1. The second kappa shape index (κ2) is 8.93. The fourth-order valence-corrected chi connectivity index (χ4v) is 2.97. The second-order valence-electron chi connectivity index (χ2n) is 5.91. The van der Waals surface area contributed by atoms with E-state index < -0.39 is 0 Å². The van der Waals surface area contributed by atoms with E-state index in [0.717, 1.165) is 12.0 Å². The summed E-state index contributed by atoms with van der Waals surface area (Å²) in [6.07, 6.45) is 2.46. The molecule has 1 N–H and O–H groups in total. The maximum absolute atomic E-state index is 12.5. The lowest BCUT2D eigenvalue weighted by Gasteiger charge is -2.16. The molecule has 0 saturated carbocycles. The van der Waals surface area contributed by atoms with Crippen LogP contribution in [0.4, 0.5) is 0 Å². The Kier molecular flexibility index (Phi) is 6.37. The van der Waals surface area contributed by atoms with Crippen LogP contribution in [0.15, 0.2) is 60.8 Å². The molecule has 1 aromatic heterocycles. The number of nitrogens with zero attached hydrogens (tertiary/aromatic N) is 2. The van der Waals surface area contributed by atoms with E-state index in [1.165, 1.54) is 4.68 Å². The quantitative estimate of drug-likeness (QED) is 0.596. The average molecular weight is 404 g/mol. The van der Waals surface area contributed by atoms with Crippen molar-refractivity contribution in [3.8, 4) is 5.75 Å². The van der Waals surface area contributed by atoms with E-state index in [-0.39, 0.29) is 18.7 Å². The summed E-state index contributed by atoms with van der Waals surface area (Å²) in [5.74, 6) is 0.228. The van der Waals surface area contributed by atoms with Crippen LogP contribution in [0.25, 0.3) is 0 Å². The van der Waals surface area contributed by atoms with Crippen molar-refractivity contribution >= 4 is 29.1 Å². The van der Waals surface area contributed by atoms with E-state index in [1.807, 2.05) is 37.3 Å². The Morgan fingerprint density at radius 3 is 2.67 bits per heavy atom. The maximum Gasteiger partial charge on any atom is 0.272 e. The van der Waals surface area contributed by atoms with Crippen molar-refractivity contribution in [3.63, 3.8) is 0 Å². The lowest BCUT2D eigenvalue weighted by molar-refractivity contribution is 0.0928. The third-order valence-corrected chi connectivity index (χ3v) is 4.86. The largest absolute Gasteiger partial charge is 0.470 e. The van der Waals surface area contributed by atoms with Gasteiger partial charge < -0.3 is 10.1 Å². The van der Waals surface area contributed by atoms with Gasteiger partial charge in [0, 0.05) is 6.20 Å². The first-order chi connectivity index (χ1) is 13.1. The van der Waals surface area contributed by atoms with Crippen molar-refractivity contribution < 1.29 is 9.53 Å². The third kappa shape index (κ3) is 4.81. The molecule has 0 aliphatic rings. The van der Waals surface area contributed by atoms with Crippen LogP contribution < -0.4 is 10.1 Å². The molecular weight excluding hydrogens is 385 g/mol. The molecule has 0 radical (unpaired) electrons. The van der Waals surface area contributed by atoms with Crippen molar-refractivity contribution in [2.75, 3.05) is 0 Å². The molecule has 0 saturated heterocycles. The van der Waals surface area contributed by atoms with Gasteiger partial charge in [-0.1, -0.05) is 66.5 Å². The van der Waals surface area contributed by atoms with Crippen LogP contribution in [-0.4, -0.2) is 15.7 Å². The molecular formula is C20H19Cl2N3O2. The summed E-state index contributed by atoms with van der Waals surface area (Å²) >= 11 is 12.1. The molecule has 3 aromatic rings. The van der Waals surface area contributed by atoms with Crippen LogP contribution in [0.5, 0.6) is 5.75 Å². The highest BCUT2D eigenvalue weighted by Crippen LogP contribution is 2.31. The van der Waals surface area contributed by atoms with E-state index in [0.29, 0.717) is 21.5 Å². The highest BCUT2D eigenvalue weighted by molar-refractivity contribution is 6.42. The highest BCUT2D eigenvalue weighted by Gasteiger charge is 2.16. The summed E-state index contributed by atoms with van der Waals surface area (Å²) in [5.41, 5.74) is 1.39. The van der Waals surface area contributed by atoms with Gasteiger partial charge in [0.1, 0.15) is 16.5 Å². The van der Waals surface area contributed by atoms with Crippen molar-refractivity contribution in [3.05, 3.63) is 82.1 Å². The maximum atomic E-state index is 12.5. The summed E-state index contributed by atoms with van der Waals surface area (Å²) in [7, 11) is 0. The van der Waals surface area contributed by atoms with Crippen molar-refractivity contribution in [2.45, 2.75) is 26.1 Å². The standard InChI is InChI=1S/C20H19Cl2N3O2/c1-2-16(14-7-4-3-5-8-14)23-20(26)17-11-12-25(24-17)13-27-18-10-6-9-15(21)19(18)22/h3-12,16H,2,13H2,1H3,(H,23,26). The molecule has 5 nitrogen and oxygen atoms in total. The number of benzene rings is 2. The number of ether oxygens (including phenoxy) is 1. The van der Waals surface area contributed by atoms with E-state index in [2.05, 4.69) is 10.4 Å². The molecule has 1 unspecified atom stereocenters. The Morgan fingerprint density at radius 2 is 1.93 bits per heavy atom. The minimum absolute atomic E-state index is 0.0645. The lowest BCUT2D eigenvalue weighted by Crippen LogP contribution is -2.28. The zero-order valence-electron chi connectivity index (χ0n) is 14.7. The van der Waals surface area contributed by atoms with Gasteiger partial charge in [-0.3, -0.25) is 4.79 Å². The van der Waals surface area contributed by atoms with Gasteiger partial charge in [0.15, 0.2) is 6.73 Å². The van der Waals surface area contributed by atoms with E-state index >= 15 is 0 Å². The summed E-state index contributed by atoms with van der Waals surface area (Å²) in [6, 6.07) is 16.6. The van der Waals surface area contributed by atoms with Crippen molar-refractivity contribution in [1.29, 1.82) is 0 Å². The molecule has 1 amide bonds. The second-order valence-corrected chi connectivity index (χ2v) is 6.70. The molecule has 7 heteroatoms. The monoisotopic (exact) mass is 403 g/mol. The molecule has 2 aromatic carbocycles. The van der Waals surface area contributed by atoms with Gasteiger partial charge >= 0.3 is 0 Å². The molecule has 1 atom stereocenters. The number of amides is 1. The first-order valence-electron chi connectivity index (χ1n) is 8.54. The summed E-state index contributed by atoms with van der Waals surface area (Å²) in [5, 5.41) is 8.03. The molecule has 3 rings (SSSR count). The summed E-state index contributed by atoms with van der Waals surface area (Å²) in [6.45, 7) is 2.14. The first kappa shape index (κ1) is 19.3. The molecule has 0 fully saturated rings. The molecule has 0 aliphatic heterocycles. The molecule has 140 valence electrons. The predicted octanol–water partition coefficient (Wildman–Crippen LogP) is 5.11. The predicted molar refractivity (Wildman–Crippen MR) is 106 cm³/mol. The van der Waals surface area contributed by atoms with Crippen molar-refractivity contribution in [2.24, 2.45) is 0 Å². The van der Waals surface area contributed by atoms with Gasteiger partial charge in [-0.25, -0.2) is 4.68 Å². The van der Waals surface area contributed by atoms with Crippen LogP contribution in [-0.2, 0) is 6.73 Å². The number of hydrogen-bond donors (Lipinski definition) is 1. The topological polar surface area (TPSA) is 56.2 Å². The number of carbonyl (C=O) groups is 1. The SMILES string of the molecule is CCC(NC(=O)c1ccn(COc2cccc(Cl)c2Cl)n1)c1ccccc1. The number of carbonyl (C=O) groups excluding carboxylic acids is 1. The van der Waals surface area contributed by atoms with Crippen LogP contribution in [0.2, 0.25) is 10.0 Å². The zero-order chi connectivity index (χ0) is 19.2. The fraction of sp³-hybridized carbons (Fsp3) is 0.200.